The van der Waals surface area contributed by atoms with Gasteiger partial charge in [0.1, 0.15) is 17.1 Å². The molecule has 1 saturated heterocycles. The van der Waals surface area contributed by atoms with Gasteiger partial charge in [-0.2, -0.15) is 4.98 Å². The Balaban J connectivity index is 1.76. The first kappa shape index (κ1) is 28.6. The Hall–Kier alpha value is -3.38. The zero-order chi connectivity index (χ0) is 28.1. The summed E-state index contributed by atoms with van der Waals surface area (Å²) in [5.41, 5.74) is 0.685. The van der Waals surface area contributed by atoms with E-state index in [-0.39, 0.29) is 33.1 Å². The smallest absolute Gasteiger partial charge is 0.260 e. The number of ether oxygens (including phenoxy) is 3. The summed E-state index contributed by atoms with van der Waals surface area (Å²) in [7, 11) is 4.55. The second-order valence-electron chi connectivity index (χ2n) is 8.86. The van der Waals surface area contributed by atoms with Crippen molar-refractivity contribution in [2.24, 2.45) is 0 Å². The van der Waals surface area contributed by atoms with Gasteiger partial charge in [-0.3, -0.25) is 19.1 Å². The van der Waals surface area contributed by atoms with Gasteiger partial charge in [-0.1, -0.05) is 29.8 Å². The fraction of sp³-hybridized carbons (Fsp3) is 0.385. The minimum atomic E-state index is -0.333. The SMILES string of the molecule is C=CC(=O)NC1CN(CCn2c(=O)c(-c3c(Cl)c(OC)cc(OC)c3Cl)cc3cnc(NCCOC)nc32)C1. The summed E-state index contributed by atoms with van der Waals surface area (Å²) in [4.78, 5) is 36.7. The van der Waals surface area contributed by atoms with Gasteiger partial charge in [-0.05, 0) is 12.1 Å². The van der Waals surface area contributed by atoms with Crippen molar-refractivity contribution in [3.8, 4) is 22.6 Å². The number of hydrogen-bond acceptors (Lipinski definition) is 9. The Labute approximate surface area is 235 Å². The number of likely N-dealkylation sites (tertiary alicyclic amines) is 1. The lowest BCUT2D eigenvalue weighted by Gasteiger charge is -2.39. The van der Waals surface area contributed by atoms with Crippen molar-refractivity contribution in [2.75, 3.05) is 59.4 Å². The second-order valence-corrected chi connectivity index (χ2v) is 9.62. The number of fused-ring (bicyclic) bond motifs is 1. The van der Waals surface area contributed by atoms with Crippen LogP contribution in [-0.2, 0) is 16.1 Å². The summed E-state index contributed by atoms with van der Waals surface area (Å²) in [5.74, 6) is 0.806. The Morgan fingerprint density at radius 2 is 1.85 bits per heavy atom. The number of hydrogen-bond donors (Lipinski definition) is 2. The number of amides is 1. The van der Waals surface area contributed by atoms with Gasteiger partial charge in [0.05, 0.1) is 42.5 Å². The summed E-state index contributed by atoms with van der Waals surface area (Å²) >= 11 is 13.3. The molecule has 0 radical (unpaired) electrons. The number of nitrogens with zero attached hydrogens (tertiary/aromatic N) is 4. The number of benzene rings is 1. The van der Waals surface area contributed by atoms with Crippen molar-refractivity contribution in [2.45, 2.75) is 12.6 Å². The molecule has 1 aromatic carbocycles. The largest absolute Gasteiger partial charge is 0.495 e. The molecule has 3 aromatic rings. The molecule has 1 aliphatic heterocycles. The zero-order valence-corrected chi connectivity index (χ0v) is 23.4. The van der Waals surface area contributed by atoms with E-state index in [1.54, 1.807) is 30.0 Å². The molecule has 0 aliphatic carbocycles. The van der Waals surface area contributed by atoms with Crippen LogP contribution in [0.5, 0.6) is 11.5 Å². The maximum absolute atomic E-state index is 14.0. The molecule has 0 spiro atoms. The maximum atomic E-state index is 14.0. The summed E-state index contributed by atoms with van der Waals surface area (Å²) in [6, 6.07) is 3.28. The third-order valence-corrected chi connectivity index (χ3v) is 7.14. The molecule has 2 N–H and O–H groups in total. The average molecular weight is 577 g/mol. The van der Waals surface area contributed by atoms with E-state index in [0.717, 1.165) is 0 Å². The van der Waals surface area contributed by atoms with E-state index in [4.69, 9.17) is 37.4 Å². The molecule has 13 heteroatoms. The van der Waals surface area contributed by atoms with Crippen molar-refractivity contribution in [3.63, 3.8) is 0 Å². The topological polar surface area (TPSA) is 120 Å². The van der Waals surface area contributed by atoms with Crippen LogP contribution in [0.3, 0.4) is 0 Å². The lowest BCUT2D eigenvalue weighted by atomic mass is 10.0. The highest BCUT2D eigenvalue weighted by molar-refractivity contribution is 6.41. The lowest BCUT2D eigenvalue weighted by Crippen LogP contribution is -2.59. The van der Waals surface area contributed by atoms with E-state index in [1.165, 1.54) is 20.3 Å². The second kappa shape index (κ2) is 12.6. The van der Waals surface area contributed by atoms with Gasteiger partial charge in [0.2, 0.25) is 11.9 Å². The fourth-order valence-corrected chi connectivity index (χ4v) is 5.07. The minimum Gasteiger partial charge on any atom is -0.495 e. The molecule has 208 valence electrons. The summed E-state index contributed by atoms with van der Waals surface area (Å²) in [6.45, 7) is 6.67. The third-order valence-electron chi connectivity index (χ3n) is 6.39. The highest BCUT2D eigenvalue weighted by Crippen LogP contribution is 2.45. The van der Waals surface area contributed by atoms with E-state index in [0.29, 0.717) is 73.4 Å². The van der Waals surface area contributed by atoms with Crippen molar-refractivity contribution in [1.29, 1.82) is 0 Å². The van der Waals surface area contributed by atoms with Gasteiger partial charge < -0.3 is 24.8 Å². The van der Waals surface area contributed by atoms with Gasteiger partial charge in [0, 0.05) is 63.0 Å². The van der Waals surface area contributed by atoms with Gasteiger partial charge in [-0.15, -0.1) is 0 Å². The molecule has 1 amide bonds. The molecule has 11 nitrogen and oxygen atoms in total. The van der Waals surface area contributed by atoms with E-state index >= 15 is 0 Å². The molecule has 2 aromatic heterocycles. The molecule has 39 heavy (non-hydrogen) atoms. The van der Waals surface area contributed by atoms with Crippen LogP contribution in [0.25, 0.3) is 22.2 Å². The number of rotatable bonds is 12. The molecular formula is C26H30Cl2N6O5. The molecule has 1 aliphatic rings. The van der Waals surface area contributed by atoms with E-state index in [2.05, 4.69) is 32.1 Å². The summed E-state index contributed by atoms with van der Waals surface area (Å²) in [6.07, 6.45) is 2.89. The van der Waals surface area contributed by atoms with Crippen LogP contribution >= 0.6 is 23.2 Å². The van der Waals surface area contributed by atoms with Crippen LogP contribution in [0, 0.1) is 0 Å². The third kappa shape index (κ3) is 6.11. The van der Waals surface area contributed by atoms with Crippen LogP contribution in [0.2, 0.25) is 10.0 Å². The highest BCUT2D eigenvalue weighted by Gasteiger charge is 2.28. The summed E-state index contributed by atoms with van der Waals surface area (Å²) in [5, 5.41) is 6.97. The maximum Gasteiger partial charge on any atom is 0.260 e. The van der Waals surface area contributed by atoms with Crippen molar-refractivity contribution in [3.05, 3.63) is 51.4 Å². The van der Waals surface area contributed by atoms with Crippen LogP contribution in [0.1, 0.15) is 0 Å². The molecule has 1 fully saturated rings. The predicted octanol–water partition coefficient (Wildman–Crippen LogP) is 2.83. The molecular weight excluding hydrogens is 547 g/mol. The standard InChI is InChI=1S/C26H30Cl2N6O5/c1-5-20(35)31-16-13-33(14-16)7-8-34-24-15(12-30-26(32-24)29-6-9-37-2)10-17(25(34)36)21-22(27)18(38-3)11-19(39-4)23(21)28/h5,10-12,16H,1,6-9,13-14H2,2-4H3,(H,31,35)(H,29,30,32). The molecule has 0 saturated carbocycles. The number of carbonyl (C=O) groups excluding carboxylic acids is 1. The Morgan fingerprint density at radius 1 is 1.15 bits per heavy atom. The van der Waals surface area contributed by atoms with Gasteiger partial charge >= 0.3 is 0 Å². The van der Waals surface area contributed by atoms with Crippen molar-refractivity contribution < 1.29 is 19.0 Å². The molecule has 0 atom stereocenters. The number of carbonyl (C=O) groups is 1. The quantitative estimate of drug-likeness (QED) is 0.247. The van der Waals surface area contributed by atoms with Crippen LogP contribution in [-0.4, -0.2) is 85.5 Å². The number of pyridine rings is 1. The average Bonchev–Trinajstić information content (AvgIpc) is 2.91. The number of methoxy groups -OCH3 is 3. The van der Waals surface area contributed by atoms with E-state index < -0.39 is 0 Å². The van der Waals surface area contributed by atoms with Crippen LogP contribution in [0.4, 0.5) is 5.95 Å². The van der Waals surface area contributed by atoms with Crippen LogP contribution < -0.4 is 25.7 Å². The van der Waals surface area contributed by atoms with Gasteiger partial charge in [0.15, 0.2) is 0 Å². The number of nitrogens with one attached hydrogen (secondary N) is 2. The number of halogens is 2. The van der Waals surface area contributed by atoms with E-state index in [1.807, 2.05) is 0 Å². The molecule has 3 heterocycles. The zero-order valence-electron chi connectivity index (χ0n) is 21.9. The lowest BCUT2D eigenvalue weighted by molar-refractivity contribution is -0.118. The molecule has 4 rings (SSSR count). The highest BCUT2D eigenvalue weighted by atomic mass is 35.5. The minimum absolute atomic E-state index is 0.0380. The first-order valence-corrected chi connectivity index (χ1v) is 13.0. The van der Waals surface area contributed by atoms with Crippen LogP contribution in [0.15, 0.2) is 35.8 Å². The number of anilines is 1. The van der Waals surface area contributed by atoms with Gasteiger partial charge in [0.25, 0.3) is 5.56 Å². The Bertz CT molecular complexity index is 1410. The fourth-order valence-electron chi connectivity index (χ4n) is 4.36. The van der Waals surface area contributed by atoms with E-state index in [9.17, 15) is 9.59 Å². The first-order chi connectivity index (χ1) is 18.8. The first-order valence-electron chi connectivity index (χ1n) is 12.2. The monoisotopic (exact) mass is 576 g/mol. The molecule has 0 unspecified atom stereocenters. The Kier molecular flexibility index (Phi) is 9.28. The molecule has 0 bridgehead atoms. The summed E-state index contributed by atoms with van der Waals surface area (Å²) < 4.78 is 17.5. The van der Waals surface area contributed by atoms with Gasteiger partial charge in [-0.25, -0.2) is 4.98 Å². The normalized spacial score (nSPS) is 13.7. The number of aromatic nitrogens is 3. The van der Waals surface area contributed by atoms with Crippen molar-refractivity contribution in [1.82, 2.24) is 24.8 Å². The Morgan fingerprint density at radius 3 is 2.46 bits per heavy atom. The van der Waals surface area contributed by atoms with Crippen molar-refractivity contribution >= 4 is 46.1 Å². The predicted molar refractivity (Wildman–Crippen MR) is 151 cm³/mol.